The predicted octanol–water partition coefficient (Wildman–Crippen LogP) is 5.66. The Morgan fingerprint density at radius 2 is 1.60 bits per heavy atom. The molecule has 0 bridgehead atoms. The molecule has 0 fully saturated rings. The van der Waals surface area contributed by atoms with Crippen molar-refractivity contribution in [2.24, 2.45) is 0 Å². The van der Waals surface area contributed by atoms with Crippen LogP contribution in [0, 0.1) is 0 Å². The summed E-state index contributed by atoms with van der Waals surface area (Å²) >= 11 is 0. The monoisotopic (exact) mass is 542 g/mol. The van der Waals surface area contributed by atoms with E-state index in [1.54, 1.807) is 26.8 Å². The number of phenolic OH excluding ortho intramolecular Hbond substituents is 1. The van der Waals surface area contributed by atoms with E-state index in [1.807, 2.05) is 48.5 Å². The van der Waals surface area contributed by atoms with Gasteiger partial charge in [0.05, 0.1) is 5.52 Å². The van der Waals surface area contributed by atoms with Gasteiger partial charge in [0.1, 0.15) is 24.0 Å². The van der Waals surface area contributed by atoms with Crippen LogP contribution in [-0.4, -0.2) is 51.2 Å². The molecule has 0 unspecified atom stereocenters. The molecule has 206 valence electrons. The highest BCUT2D eigenvalue weighted by molar-refractivity contribution is 5.93. The summed E-state index contributed by atoms with van der Waals surface area (Å²) in [7, 11) is 0. The van der Waals surface area contributed by atoms with Crippen molar-refractivity contribution in [3.05, 3.63) is 89.6 Å². The number of carboxylic acid groups (broad SMARTS) is 1. The minimum atomic E-state index is -1.35. The van der Waals surface area contributed by atoms with E-state index in [2.05, 4.69) is 5.32 Å². The van der Waals surface area contributed by atoms with E-state index in [4.69, 9.17) is 9.47 Å². The first-order valence-electron chi connectivity index (χ1n) is 12.9. The van der Waals surface area contributed by atoms with Crippen LogP contribution in [0.25, 0.3) is 22.0 Å². The molecule has 0 radical (unpaired) electrons. The number of aromatic nitrogens is 1. The third kappa shape index (κ3) is 5.36. The van der Waals surface area contributed by atoms with E-state index in [9.17, 15) is 24.6 Å². The van der Waals surface area contributed by atoms with Crippen molar-refractivity contribution in [1.82, 2.24) is 9.88 Å². The molecule has 0 spiro atoms. The maximum Gasteiger partial charge on any atom is 0.419 e. The third-order valence-electron chi connectivity index (χ3n) is 6.82. The lowest BCUT2D eigenvalue weighted by Crippen LogP contribution is -2.42. The highest BCUT2D eigenvalue weighted by Crippen LogP contribution is 2.44. The number of carboxylic acids is 1. The van der Waals surface area contributed by atoms with E-state index < -0.39 is 29.8 Å². The second-order valence-corrected chi connectivity index (χ2v) is 10.8. The summed E-state index contributed by atoms with van der Waals surface area (Å²) in [6.45, 7) is 5.25. The molecule has 1 aliphatic carbocycles. The van der Waals surface area contributed by atoms with E-state index in [0.29, 0.717) is 16.5 Å². The van der Waals surface area contributed by atoms with Crippen molar-refractivity contribution in [2.45, 2.75) is 44.8 Å². The third-order valence-corrected chi connectivity index (χ3v) is 6.82. The topological polar surface area (TPSA) is 127 Å². The Kier molecular flexibility index (Phi) is 6.97. The first kappa shape index (κ1) is 26.8. The minimum absolute atomic E-state index is 0.0397. The summed E-state index contributed by atoms with van der Waals surface area (Å²) in [6.07, 6.45) is -0.207. The summed E-state index contributed by atoms with van der Waals surface area (Å²) in [5.74, 6) is -1.49. The molecule has 3 aromatic carbocycles. The zero-order chi connectivity index (χ0) is 28.6. The summed E-state index contributed by atoms with van der Waals surface area (Å²) < 4.78 is 12.3. The van der Waals surface area contributed by atoms with Crippen LogP contribution >= 0.6 is 0 Å². The van der Waals surface area contributed by atoms with Crippen LogP contribution in [0.5, 0.6) is 5.75 Å². The van der Waals surface area contributed by atoms with Gasteiger partial charge in [0.25, 0.3) is 0 Å². The molecular weight excluding hydrogens is 512 g/mol. The molecule has 9 nitrogen and oxygen atoms in total. The second-order valence-electron chi connectivity index (χ2n) is 10.8. The van der Waals surface area contributed by atoms with Gasteiger partial charge in [0, 0.05) is 23.9 Å². The molecule has 9 heteroatoms. The average molecular weight is 543 g/mol. The molecular formula is C31H30N2O7. The summed E-state index contributed by atoms with van der Waals surface area (Å²) in [4.78, 5) is 37.8. The Labute approximate surface area is 231 Å². The van der Waals surface area contributed by atoms with E-state index in [-0.39, 0.29) is 24.7 Å². The fraction of sp³-hybridized carbons (Fsp3) is 0.258. The lowest BCUT2D eigenvalue weighted by molar-refractivity contribution is -0.139. The van der Waals surface area contributed by atoms with Gasteiger partial charge in [-0.1, -0.05) is 48.5 Å². The smallest absolute Gasteiger partial charge is 0.419 e. The van der Waals surface area contributed by atoms with Crippen molar-refractivity contribution in [3.8, 4) is 16.9 Å². The van der Waals surface area contributed by atoms with Crippen LogP contribution in [0.4, 0.5) is 9.59 Å². The van der Waals surface area contributed by atoms with E-state index >= 15 is 0 Å². The molecule has 1 aliphatic rings. The molecule has 1 heterocycles. The number of nitrogens with zero attached hydrogens (tertiary/aromatic N) is 1. The van der Waals surface area contributed by atoms with Crippen molar-refractivity contribution in [3.63, 3.8) is 0 Å². The van der Waals surface area contributed by atoms with E-state index in [0.717, 1.165) is 22.3 Å². The molecule has 5 rings (SSSR count). The summed E-state index contributed by atoms with van der Waals surface area (Å²) in [6, 6.07) is 18.9. The van der Waals surface area contributed by atoms with Crippen molar-refractivity contribution >= 4 is 29.1 Å². The standard InChI is InChI=1S/C31H30N2O7/c1-31(2,3)40-30(38)33-16-18(24-15-19(34)12-13-27(24)33)14-26(28(35)36)32-29(37)39-17-25-22-10-6-4-8-20(22)21-9-5-7-11-23(21)25/h4-13,15-16,25-26,34H,14,17H2,1-3H3,(H,32,37)(H,35,36)/t26-/m0/s1. The number of ether oxygens (including phenoxy) is 2. The number of hydrogen-bond acceptors (Lipinski definition) is 6. The van der Waals surface area contributed by atoms with E-state index in [1.165, 1.54) is 22.9 Å². The highest BCUT2D eigenvalue weighted by Gasteiger charge is 2.30. The first-order valence-corrected chi connectivity index (χ1v) is 12.9. The Morgan fingerprint density at radius 3 is 2.20 bits per heavy atom. The van der Waals surface area contributed by atoms with Gasteiger partial charge in [0.15, 0.2) is 0 Å². The maximum absolute atomic E-state index is 12.8. The number of hydrogen-bond donors (Lipinski definition) is 3. The molecule has 0 saturated carbocycles. The van der Waals surface area contributed by atoms with Gasteiger partial charge < -0.3 is 25.0 Å². The molecule has 0 aliphatic heterocycles. The number of carbonyl (C=O) groups excluding carboxylic acids is 2. The van der Waals surface area contributed by atoms with Crippen molar-refractivity contribution in [1.29, 1.82) is 0 Å². The summed E-state index contributed by atoms with van der Waals surface area (Å²) in [5, 5.41) is 22.9. The van der Waals surface area contributed by atoms with Gasteiger partial charge in [0.2, 0.25) is 0 Å². The number of rotatable bonds is 6. The minimum Gasteiger partial charge on any atom is -0.508 e. The Bertz CT molecular complexity index is 1570. The molecule has 3 N–H and O–H groups in total. The number of phenols is 1. The highest BCUT2D eigenvalue weighted by atomic mass is 16.6. The van der Waals surface area contributed by atoms with Gasteiger partial charge in [-0.2, -0.15) is 0 Å². The molecule has 1 atom stereocenters. The Morgan fingerprint density at radius 1 is 0.975 bits per heavy atom. The fourth-order valence-corrected chi connectivity index (χ4v) is 5.11. The van der Waals surface area contributed by atoms with Gasteiger partial charge in [-0.05, 0) is 66.8 Å². The van der Waals surface area contributed by atoms with Crippen molar-refractivity contribution in [2.75, 3.05) is 6.61 Å². The number of amides is 1. The van der Waals surface area contributed by atoms with Crippen LogP contribution in [0.2, 0.25) is 0 Å². The van der Waals surface area contributed by atoms with Crippen LogP contribution in [0.1, 0.15) is 43.4 Å². The number of nitrogens with one attached hydrogen (secondary N) is 1. The number of aromatic hydroxyl groups is 1. The fourth-order valence-electron chi connectivity index (χ4n) is 5.11. The maximum atomic E-state index is 12.8. The number of aliphatic carboxylic acids is 1. The number of alkyl carbamates (subject to hydrolysis) is 1. The quantitative estimate of drug-likeness (QED) is 0.287. The normalized spacial score (nSPS) is 13.4. The lowest BCUT2D eigenvalue weighted by Gasteiger charge is -2.19. The predicted molar refractivity (Wildman–Crippen MR) is 149 cm³/mol. The zero-order valence-corrected chi connectivity index (χ0v) is 22.4. The largest absolute Gasteiger partial charge is 0.508 e. The number of carbonyl (C=O) groups is 3. The van der Waals surface area contributed by atoms with Gasteiger partial charge in [-0.15, -0.1) is 0 Å². The SMILES string of the molecule is CC(C)(C)OC(=O)n1cc(C[C@H](NC(=O)OCC2c3ccccc3-c3ccccc32)C(=O)O)c2cc(O)ccc21. The van der Waals surface area contributed by atoms with Gasteiger partial charge in [-0.25, -0.2) is 14.4 Å². The van der Waals surface area contributed by atoms with Crippen LogP contribution < -0.4 is 5.32 Å². The molecule has 40 heavy (non-hydrogen) atoms. The molecule has 1 amide bonds. The Hall–Kier alpha value is -4.79. The molecule has 1 aromatic heterocycles. The van der Waals surface area contributed by atoms with Crippen LogP contribution in [0.15, 0.2) is 72.9 Å². The van der Waals surface area contributed by atoms with Crippen LogP contribution in [0.3, 0.4) is 0 Å². The van der Waals surface area contributed by atoms with Gasteiger partial charge >= 0.3 is 18.2 Å². The Balaban J connectivity index is 1.33. The molecule has 4 aromatic rings. The van der Waals surface area contributed by atoms with Crippen LogP contribution in [-0.2, 0) is 20.7 Å². The number of benzene rings is 3. The first-order chi connectivity index (χ1) is 19.0. The zero-order valence-electron chi connectivity index (χ0n) is 22.4. The number of fused-ring (bicyclic) bond motifs is 4. The molecule has 0 saturated heterocycles. The average Bonchev–Trinajstić information content (AvgIpc) is 3.41. The van der Waals surface area contributed by atoms with Gasteiger partial charge in [-0.3, -0.25) is 4.57 Å². The lowest BCUT2D eigenvalue weighted by atomic mass is 9.98. The summed E-state index contributed by atoms with van der Waals surface area (Å²) in [5.41, 5.74) is 4.37. The second kappa shape index (κ2) is 10.4. The van der Waals surface area contributed by atoms with Crippen molar-refractivity contribution < 1.29 is 34.1 Å².